The second-order valence-electron chi connectivity index (χ2n) is 3.31. The second-order valence-corrected chi connectivity index (χ2v) is 6.14. The summed E-state index contributed by atoms with van der Waals surface area (Å²) in [7, 11) is -3.69. The normalized spacial score (nSPS) is 11.4. The van der Waals surface area contributed by atoms with Crippen molar-refractivity contribution in [3.8, 4) is 0 Å². The standard InChI is InChI=1S/C10H9FN2O2S2/c11-7-2-1-3-9(4-7)13-17(14,15)10-5-8(12)6-16-10/h1-6,13H,12H2. The first kappa shape index (κ1) is 11.9. The minimum absolute atomic E-state index is 0.0965. The van der Waals surface area contributed by atoms with Crippen LogP contribution in [0.5, 0.6) is 0 Å². The van der Waals surface area contributed by atoms with Gasteiger partial charge in [-0.25, -0.2) is 12.8 Å². The Kier molecular flexibility index (Phi) is 3.03. The molecule has 7 heteroatoms. The number of hydrogen-bond donors (Lipinski definition) is 2. The Bertz CT molecular complexity index is 637. The molecule has 1 aromatic carbocycles. The van der Waals surface area contributed by atoms with Crippen molar-refractivity contribution in [2.24, 2.45) is 0 Å². The topological polar surface area (TPSA) is 72.2 Å². The zero-order valence-corrected chi connectivity index (χ0v) is 10.2. The molecule has 0 saturated heterocycles. The van der Waals surface area contributed by atoms with Crippen LogP contribution in [0, 0.1) is 5.82 Å². The van der Waals surface area contributed by atoms with Gasteiger partial charge >= 0.3 is 0 Å². The molecule has 17 heavy (non-hydrogen) atoms. The number of nitrogens with one attached hydrogen (secondary N) is 1. The van der Waals surface area contributed by atoms with Crippen molar-refractivity contribution in [1.82, 2.24) is 0 Å². The molecular formula is C10H9FN2O2S2. The highest BCUT2D eigenvalue weighted by molar-refractivity contribution is 7.94. The molecule has 0 aliphatic carbocycles. The average Bonchev–Trinajstić information content (AvgIpc) is 2.65. The number of thiophene rings is 1. The van der Waals surface area contributed by atoms with Gasteiger partial charge in [0, 0.05) is 11.1 Å². The smallest absolute Gasteiger partial charge is 0.271 e. The van der Waals surface area contributed by atoms with Crippen LogP contribution in [0.4, 0.5) is 15.8 Å². The predicted molar refractivity (Wildman–Crippen MR) is 65.9 cm³/mol. The quantitative estimate of drug-likeness (QED) is 0.900. The minimum atomic E-state index is -3.69. The molecule has 3 N–H and O–H groups in total. The lowest BCUT2D eigenvalue weighted by atomic mass is 10.3. The van der Waals surface area contributed by atoms with Crippen LogP contribution in [0.1, 0.15) is 0 Å². The number of rotatable bonds is 3. The first-order valence-electron chi connectivity index (χ1n) is 4.60. The molecule has 0 spiro atoms. The van der Waals surface area contributed by atoms with Crippen LogP contribution in [0.15, 0.2) is 39.9 Å². The largest absolute Gasteiger partial charge is 0.398 e. The lowest BCUT2D eigenvalue weighted by Crippen LogP contribution is -2.11. The SMILES string of the molecule is Nc1csc(S(=O)(=O)Nc2cccc(F)c2)c1. The van der Waals surface area contributed by atoms with Crippen molar-refractivity contribution in [3.05, 3.63) is 41.5 Å². The van der Waals surface area contributed by atoms with E-state index >= 15 is 0 Å². The van der Waals surface area contributed by atoms with Crippen molar-refractivity contribution < 1.29 is 12.8 Å². The first-order chi connectivity index (χ1) is 7.97. The van der Waals surface area contributed by atoms with Crippen molar-refractivity contribution in [3.63, 3.8) is 0 Å². The van der Waals surface area contributed by atoms with Crippen LogP contribution in [0.25, 0.3) is 0 Å². The van der Waals surface area contributed by atoms with E-state index in [2.05, 4.69) is 4.72 Å². The highest BCUT2D eigenvalue weighted by Gasteiger charge is 2.16. The third-order valence-corrected chi connectivity index (χ3v) is 4.78. The summed E-state index contributed by atoms with van der Waals surface area (Å²) >= 11 is 1.01. The molecular weight excluding hydrogens is 263 g/mol. The van der Waals surface area contributed by atoms with E-state index in [0.717, 1.165) is 17.4 Å². The van der Waals surface area contributed by atoms with E-state index < -0.39 is 15.8 Å². The molecule has 1 aromatic heterocycles. The second kappa shape index (κ2) is 4.34. The van der Waals surface area contributed by atoms with Gasteiger partial charge < -0.3 is 5.73 Å². The molecule has 0 saturated carbocycles. The number of halogens is 1. The average molecular weight is 272 g/mol. The molecule has 2 rings (SSSR count). The molecule has 0 aliphatic heterocycles. The van der Waals surface area contributed by atoms with Gasteiger partial charge in [-0.2, -0.15) is 0 Å². The van der Waals surface area contributed by atoms with E-state index in [1.807, 2.05) is 0 Å². The lowest BCUT2D eigenvalue weighted by Gasteiger charge is -2.05. The molecule has 1 heterocycles. The number of sulfonamides is 1. The zero-order valence-electron chi connectivity index (χ0n) is 8.55. The maximum absolute atomic E-state index is 12.9. The summed E-state index contributed by atoms with van der Waals surface area (Å²) in [6.45, 7) is 0. The summed E-state index contributed by atoms with van der Waals surface area (Å²) in [5, 5.41) is 1.53. The van der Waals surface area contributed by atoms with Crippen LogP contribution < -0.4 is 10.5 Å². The van der Waals surface area contributed by atoms with Crippen molar-refractivity contribution in [2.45, 2.75) is 4.21 Å². The summed E-state index contributed by atoms with van der Waals surface area (Å²) in [5.41, 5.74) is 6.01. The molecule has 2 aromatic rings. The van der Waals surface area contributed by atoms with Crippen LogP contribution in [0.2, 0.25) is 0 Å². The van der Waals surface area contributed by atoms with Gasteiger partial charge in [0.2, 0.25) is 0 Å². The van der Waals surface area contributed by atoms with Gasteiger partial charge in [-0.05, 0) is 24.3 Å². The molecule has 0 amide bonds. The molecule has 0 fully saturated rings. The Morgan fingerprint density at radius 1 is 1.29 bits per heavy atom. The van der Waals surface area contributed by atoms with Crippen molar-refractivity contribution >= 4 is 32.7 Å². The summed E-state index contributed by atoms with van der Waals surface area (Å²) < 4.78 is 39.0. The molecule has 0 bridgehead atoms. The van der Waals surface area contributed by atoms with Crippen molar-refractivity contribution in [2.75, 3.05) is 10.5 Å². The number of anilines is 2. The fourth-order valence-electron chi connectivity index (χ4n) is 1.23. The molecule has 90 valence electrons. The van der Waals surface area contributed by atoms with E-state index in [4.69, 9.17) is 5.73 Å². The Morgan fingerprint density at radius 3 is 2.65 bits per heavy atom. The number of nitrogens with two attached hydrogens (primary N) is 1. The summed E-state index contributed by atoms with van der Waals surface area (Å²) in [6, 6.07) is 6.59. The van der Waals surface area contributed by atoms with Gasteiger partial charge in [0.25, 0.3) is 10.0 Å². The molecule has 0 radical (unpaired) electrons. The maximum atomic E-state index is 12.9. The fraction of sp³-hybridized carbons (Fsp3) is 0. The van der Waals surface area contributed by atoms with E-state index in [-0.39, 0.29) is 9.90 Å². The van der Waals surface area contributed by atoms with Gasteiger partial charge in [0.05, 0.1) is 5.69 Å². The number of hydrogen-bond acceptors (Lipinski definition) is 4. The molecule has 0 unspecified atom stereocenters. The van der Waals surface area contributed by atoms with Crippen LogP contribution in [-0.2, 0) is 10.0 Å². The summed E-state index contributed by atoms with van der Waals surface area (Å²) in [6.07, 6.45) is 0. The third kappa shape index (κ3) is 2.75. The molecule has 0 aliphatic rings. The third-order valence-electron chi connectivity index (χ3n) is 1.94. The van der Waals surface area contributed by atoms with E-state index in [1.54, 1.807) is 0 Å². The number of nitrogen functional groups attached to an aromatic ring is 1. The molecule has 4 nitrogen and oxygen atoms in total. The van der Waals surface area contributed by atoms with Gasteiger partial charge in [0.15, 0.2) is 0 Å². The lowest BCUT2D eigenvalue weighted by molar-refractivity contribution is 0.603. The summed E-state index contributed by atoms with van der Waals surface area (Å²) in [5.74, 6) is -0.504. The van der Waals surface area contributed by atoms with Crippen LogP contribution in [-0.4, -0.2) is 8.42 Å². The van der Waals surface area contributed by atoms with Gasteiger partial charge in [-0.15, -0.1) is 11.3 Å². The Balaban J connectivity index is 2.29. The Hall–Kier alpha value is -1.60. The fourth-order valence-corrected chi connectivity index (χ4v) is 3.36. The van der Waals surface area contributed by atoms with Gasteiger partial charge in [-0.1, -0.05) is 6.07 Å². The first-order valence-corrected chi connectivity index (χ1v) is 6.96. The van der Waals surface area contributed by atoms with Crippen molar-refractivity contribution in [1.29, 1.82) is 0 Å². The minimum Gasteiger partial charge on any atom is -0.398 e. The van der Waals surface area contributed by atoms with Crippen LogP contribution in [0.3, 0.4) is 0 Å². The van der Waals surface area contributed by atoms with E-state index in [0.29, 0.717) is 5.69 Å². The Morgan fingerprint density at radius 2 is 2.06 bits per heavy atom. The monoisotopic (exact) mass is 272 g/mol. The van der Waals surface area contributed by atoms with Gasteiger partial charge in [0.1, 0.15) is 10.0 Å². The van der Waals surface area contributed by atoms with E-state index in [1.165, 1.54) is 29.6 Å². The number of benzene rings is 1. The van der Waals surface area contributed by atoms with E-state index in [9.17, 15) is 12.8 Å². The Labute approximate surface area is 102 Å². The maximum Gasteiger partial charge on any atom is 0.271 e. The summed E-state index contributed by atoms with van der Waals surface area (Å²) in [4.78, 5) is 0. The predicted octanol–water partition coefficient (Wildman–Crippen LogP) is 2.27. The van der Waals surface area contributed by atoms with Gasteiger partial charge in [-0.3, -0.25) is 4.72 Å². The zero-order chi connectivity index (χ0) is 12.5. The molecule has 0 atom stereocenters. The highest BCUT2D eigenvalue weighted by Crippen LogP contribution is 2.24. The highest BCUT2D eigenvalue weighted by atomic mass is 32.2. The van der Waals surface area contributed by atoms with Crippen LogP contribution >= 0.6 is 11.3 Å².